The molecule has 0 aliphatic carbocycles. The molecule has 19 heavy (non-hydrogen) atoms. The Kier molecular flexibility index (Phi) is 5.24. The largest absolute Gasteiger partial charge is 0.383 e. The van der Waals surface area contributed by atoms with Crippen LogP contribution < -0.4 is 16.6 Å². The lowest BCUT2D eigenvalue weighted by molar-refractivity contribution is -0.129. The zero-order chi connectivity index (χ0) is 14.6. The van der Waals surface area contributed by atoms with Gasteiger partial charge in [-0.15, -0.1) is 0 Å². The molecule has 0 radical (unpaired) electrons. The minimum absolute atomic E-state index is 0.197. The first-order valence-electron chi connectivity index (χ1n) is 5.21. The average molecular weight is 377 g/mol. The predicted octanol–water partition coefficient (Wildman–Crippen LogP) is -0.468. The molecular weight excluding hydrogens is 365 g/mol. The highest BCUT2D eigenvalue weighted by Crippen LogP contribution is 2.16. The maximum atomic E-state index is 11.8. The van der Waals surface area contributed by atoms with E-state index in [1.807, 2.05) is 28.0 Å². The van der Waals surface area contributed by atoms with E-state index in [4.69, 9.17) is 10.8 Å². The third-order valence-corrected chi connectivity index (χ3v) is 3.35. The van der Waals surface area contributed by atoms with Crippen molar-refractivity contribution in [3.8, 4) is 0 Å². The van der Waals surface area contributed by atoms with Gasteiger partial charge in [0.05, 0.1) is 11.1 Å². The molecule has 1 aromatic carbocycles. The van der Waals surface area contributed by atoms with E-state index in [0.29, 0.717) is 3.57 Å². The Labute approximate surface area is 122 Å². The van der Waals surface area contributed by atoms with Gasteiger partial charge in [0.1, 0.15) is 6.10 Å². The molecule has 0 aliphatic rings. The quantitative estimate of drug-likeness (QED) is 0.420. The topological polar surface area (TPSA) is 122 Å². The first-order chi connectivity index (χ1) is 8.84. The van der Waals surface area contributed by atoms with E-state index in [9.17, 15) is 14.4 Å². The zero-order valence-electron chi connectivity index (χ0n) is 9.94. The van der Waals surface area contributed by atoms with Gasteiger partial charge in [0, 0.05) is 3.57 Å². The van der Waals surface area contributed by atoms with Crippen LogP contribution in [-0.2, 0) is 4.79 Å². The normalized spacial score (nSPS) is 11.5. The monoisotopic (exact) mass is 377 g/mol. The van der Waals surface area contributed by atoms with Gasteiger partial charge in [-0.3, -0.25) is 25.2 Å². The van der Waals surface area contributed by atoms with Gasteiger partial charge in [-0.1, -0.05) is 6.07 Å². The number of carbonyl (C=O) groups excluding carboxylic acids is 3. The average Bonchev–Trinajstić information content (AvgIpc) is 2.35. The number of hydrazine groups is 1. The fraction of sp³-hybridized carbons (Fsp3) is 0.182. The van der Waals surface area contributed by atoms with Crippen molar-refractivity contribution in [2.45, 2.75) is 13.0 Å². The molecule has 0 fully saturated rings. The molecule has 1 rings (SSSR count). The minimum atomic E-state index is -1.24. The van der Waals surface area contributed by atoms with Gasteiger partial charge in [0.2, 0.25) is 5.91 Å². The molecular formula is C11H12IN3O4. The molecule has 0 bridgehead atoms. The Balaban J connectivity index is 2.86. The summed E-state index contributed by atoms with van der Waals surface area (Å²) >= 11 is 1.82. The fourth-order valence-electron chi connectivity index (χ4n) is 1.19. The summed E-state index contributed by atoms with van der Waals surface area (Å²) in [6.45, 7) is 1.26. The van der Waals surface area contributed by atoms with Crippen LogP contribution in [0.3, 0.4) is 0 Å². The standard InChI is InChI=1S/C11H12IN3O4/c1-5(16)10(18)14-15-11(19)7-4-2-3-6(8(7)12)9(13)17/h2-5,16H,1H3,(H2,13,17)(H,14,18)(H,15,19). The van der Waals surface area contributed by atoms with E-state index in [-0.39, 0.29) is 11.1 Å². The molecule has 8 heteroatoms. The van der Waals surface area contributed by atoms with Crippen molar-refractivity contribution in [2.75, 3.05) is 0 Å². The summed E-state index contributed by atoms with van der Waals surface area (Å²) in [5.41, 5.74) is 9.76. The summed E-state index contributed by atoms with van der Waals surface area (Å²) in [6.07, 6.45) is -1.24. The van der Waals surface area contributed by atoms with Crippen LogP contribution in [0.5, 0.6) is 0 Å². The Morgan fingerprint density at radius 1 is 1.26 bits per heavy atom. The Hall–Kier alpha value is -1.68. The maximum absolute atomic E-state index is 11.8. The Morgan fingerprint density at radius 2 is 1.84 bits per heavy atom. The van der Waals surface area contributed by atoms with E-state index in [2.05, 4.69) is 5.43 Å². The molecule has 0 aliphatic heterocycles. The third-order valence-electron chi connectivity index (χ3n) is 2.19. The van der Waals surface area contributed by atoms with E-state index in [1.165, 1.54) is 25.1 Å². The number of hydrogen-bond acceptors (Lipinski definition) is 4. The minimum Gasteiger partial charge on any atom is -0.383 e. The highest BCUT2D eigenvalue weighted by molar-refractivity contribution is 14.1. The number of halogens is 1. The first-order valence-corrected chi connectivity index (χ1v) is 6.29. The number of primary amides is 1. The van der Waals surface area contributed by atoms with Gasteiger partial charge in [-0.05, 0) is 41.6 Å². The van der Waals surface area contributed by atoms with Crippen LogP contribution in [0.15, 0.2) is 18.2 Å². The first kappa shape index (κ1) is 15.4. The summed E-state index contributed by atoms with van der Waals surface area (Å²) in [6, 6.07) is 4.49. The maximum Gasteiger partial charge on any atom is 0.270 e. The van der Waals surface area contributed by atoms with Crippen LogP contribution in [0, 0.1) is 3.57 Å². The number of rotatable bonds is 3. The van der Waals surface area contributed by atoms with E-state index < -0.39 is 23.8 Å². The van der Waals surface area contributed by atoms with Gasteiger partial charge in [0.25, 0.3) is 11.8 Å². The van der Waals surface area contributed by atoms with Crippen molar-refractivity contribution in [2.24, 2.45) is 5.73 Å². The summed E-state index contributed by atoms with van der Waals surface area (Å²) in [5.74, 6) is -2.00. The molecule has 1 atom stereocenters. The smallest absolute Gasteiger partial charge is 0.270 e. The van der Waals surface area contributed by atoms with Gasteiger partial charge < -0.3 is 10.8 Å². The molecule has 3 amide bonds. The van der Waals surface area contributed by atoms with Crippen LogP contribution in [0.1, 0.15) is 27.6 Å². The number of aliphatic hydroxyl groups excluding tert-OH is 1. The summed E-state index contributed by atoms with van der Waals surface area (Å²) in [4.78, 5) is 34.0. The predicted molar refractivity (Wildman–Crippen MR) is 75.0 cm³/mol. The molecule has 7 nitrogen and oxygen atoms in total. The second-order valence-electron chi connectivity index (χ2n) is 3.65. The van der Waals surface area contributed by atoms with Crippen molar-refractivity contribution in [3.63, 3.8) is 0 Å². The number of carbonyl (C=O) groups is 3. The van der Waals surface area contributed by atoms with E-state index in [0.717, 1.165) is 0 Å². The molecule has 1 aromatic rings. The molecule has 0 saturated heterocycles. The van der Waals surface area contributed by atoms with Crippen LogP contribution in [0.4, 0.5) is 0 Å². The van der Waals surface area contributed by atoms with Gasteiger partial charge in [0.15, 0.2) is 0 Å². The van der Waals surface area contributed by atoms with Crippen molar-refractivity contribution < 1.29 is 19.5 Å². The van der Waals surface area contributed by atoms with Crippen molar-refractivity contribution in [1.82, 2.24) is 10.9 Å². The summed E-state index contributed by atoms with van der Waals surface area (Å²) in [7, 11) is 0. The lowest BCUT2D eigenvalue weighted by Crippen LogP contribution is -2.45. The molecule has 0 heterocycles. The van der Waals surface area contributed by atoms with Crippen LogP contribution in [0.25, 0.3) is 0 Å². The third kappa shape index (κ3) is 3.89. The second kappa shape index (κ2) is 6.48. The molecule has 0 aromatic heterocycles. The van der Waals surface area contributed by atoms with E-state index in [1.54, 1.807) is 0 Å². The summed E-state index contributed by atoms with van der Waals surface area (Å²) < 4.78 is 0.386. The molecule has 0 saturated carbocycles. The van der Waals surface area contributed by atoms with Crippen LogP contribution in [-0.4, -0.2) is 28.9 Å². The number of hydrogen-bond donors (Lipinski definition) is 4. The van der Waals surface area contributed by atoms with Crippen molar-refractivity contribution in [1.29, 1.82) is 0 Å². The molecule has 0 spiro atoms. The van der Waals surface area contributed by atoms with Crippen molar-refractivity contribution >= 4 is 40.3 Å². The zero-order valence-corrected chi connectivity index (χ0v) is 12.1. The Bertz CT molecular complexity index is 531. The Morgan fingerprint density at radius 3 is 2.37 bits per heavy atom. The van der Waals surface area contributed by atoms with Gasteiger partial charge >= 0.3 is 0 Å². The number of benzene rings is 1. The number of aliphatic hydroxyl groups is 1. The van der Waals surface area contributed by atoms with Crippen LogP contribution >= 0.6 is 22.6 Å². The van der Waals surface area contributed by atoms with E-state index >= 15 is 0 Å². The molecule has 1 unspecified atom stereocenters. The summed E-state index contributed by atoms with van der Waals surface area (Å²) in [5, 5.41) is 8.95. The lowest BCUT2D eigenvalue weighted by atomic mass is 10.1. The SMILES string of the molecule is CC(O)C(=O)NNC(=O)c1cccc(C(N)=O)c1I. The fourth-order valence-corrected chi connectivity index (χ4v) is 2.06. The highest BCUT2D eigenvalue weighted by Gasteiger charge is 2.16. The number of amides is 3. The van der Waals surface area contributed by atoms with Gasteiger partial charge in [-0.25, -0.2) is 0 Å². The molecule has 5 N–H and O–H groups in total. The highest BCUT2D eigenvalue weighted by atomic mass is 127. The van der Waals surface area contributed by atoms with Gasteiger partial charge in [-0.2, -0.15) is 0 Å². The molecule has 102 valence electrons. The number of nitrogens with two attached hydrogens (primary N) is 1. The number of nitrogens with one attached hydrogen (secondary N) is 2. The lowest BCUT2D eigenvalue weighted by Gasteiger charge is -2.10. The second-order valence-corrected chi connectivity index (χ2v) is 4.73. The van der Waals surface area contributed by atoms with Crippen molar-refractivity contribution in [3.05, 3.63) is 32.9 Å². The van der Waals surface area contributed by atoms with Crippen LogP contribution in [0.2, 0.25) is 0 Å².